The average Bonchev–Trinajstić information content (AvgIpc) is 3.21. The Bertz CT molecular complexity index is 1530. The van der Waals surface area contributed by atoms with Crippen LogP contribution in [0.1, 0.15) is 49.9 Å². The van der Waals surface area contributed by atoms with Crippen molar-refractivity contribution in [3.8, 4) is 0 Å². The number of hydrogen-bond donors (Lipinski definition) is 0. The van der Waals surface area contributed by atoms with Gasteiger partial charge in [-0.25, -0.2) is 0 Å². The number of nitrogens with zero attached hydrogens (tertiary/aromatic N) is 2. The van der Waals surface area contributed by atoms with Gasteiger partial charge in [0.2, 0.25) is 0 Å². The molecule has 7 nitrogen and oxygen atoms in total. The van der Waals surface area contributed by atoms with Crippen molar-refractivity contribution >= 4 is 35.3 Å². The van der Waals surface area contributed by atoms with E-state index in [1.165, 1.54) is 13.2 Å². The first-order chi connectivity index (χ1) is 20.3. The molecule has 0 spiro atoms. The molecule has 4 rings (SSSR count). The van der Waals surface area contributed by atoms with E-state index in [-0.39, 0.29) is 24.1 Å². The Morgan fingerprint density at radius 1 is 0.930 bits per heavy atom. The van der Waals surface area contributed by atoms with Gasteiger partial charge >= 0.3 is 12.1 Å². The number of ether oxygens (including phenoxy) is 1. The quantitative estimate of drug-likeness (QED) is 0.141. The van der Waals surface area contributed by atoms with Crippen LogP contribution in [0, 0.1) is 6.92 Å². The number of amides is 2. The fraction of sp³-hybridized carbons (Fsp3) is 0.273. The monoisotopic (exact) mass is 594 g/mol. The number of carbonyl (C=O) groups excluding carboxylic acids is 4. The second-order valence-electron chi connectivity index (χ2n) is 9.99. The Morgan fingerprint density at radius 2 is 1.51 bits per heavy atom. The summed E-state index contributed by atoms with van der Waals surface area (Å²) in [5.41, 5.74) is 2.73. The number of alkyl halides is 3. The van der Waals surface area contributed by atoms with Crippen LogP contribution in [0.25, 0.3) is 5.57 Å². The highest BCUT2D eigenvalue weighted by Crippen LogP contribution is 2.41. The number of aldehydes is 1. The number of anilines is 1. The molecule has 0 fully saturated rings. The number of hydrogen-bond acceptors (Lipinski definition) is 6. The van der Waals surface area contributed by atoms with Gasteiger partial charge in [0.05, 0.1) is 23.8 Å². The number of esters is 1. The SMILES string of the molecule is CCc1c(C)cccc1C/C(C=O)=C(/c1ccccc1N(C)C)C(F)(F)F.COC(=O)CN1C(=O)c2ccccc2C1=O. The molecule has 3 aromatic carbocycles. The van der Waals surface area contributed by atoms with Crippen molar-refractivity contribution in [3.63, 3.8) is 0 Å². The molecule has 226 valence electrons. The van der Waals surface area contributed by atoms with E-state index in [9.17, 15) is 32.3 Å². The Hall–Kier alpha value is -4.73. The molecule has 3 aromatic rings. The highest BCUT2D eigenvalue weighted by atomic mass is 19.4. The van der Waals surface area contributed by atoms with Crippen molar-refractivity contribution in [1.29, 1.82) is 0 Å². The minimum atomic E-state index is -4.64. The van der Waals surface area contributed by atoms with Gasteiger partial charge in [-0.2, -0.15) is 13.2 Å². The van der Waals surface area contributed by atoms with Crippen LogP contribution >= 0.6 is 0 Å². The first-order valence-electron chi connectivity index (χ1n) is 13.5. The lowest BCUT2D eigenvalue weighted by Crippen LogP contribution is -2.35. The number of fused-ring (bicyclic) bond motifs is 1. The van der Waals surface area contributed by atoms with Crippen LogP contribution in [-0.4, -0.2) is 62.9 Å². The predicted octanol–water partition coefficient (Wildman–Crippen LogP) is 5.84. The van der Waals surface area contributed by atoms with Crippen molar-refractivity contribution in [3.05, 3.63) is 106 Å². The van der Waals surface area contributed by atoms with E-state index in [1.807, 2.05) is 26.0 Å². The van der Waals surface area contributed by atoms with Crippen molar-refractivity contribution in [2.45, 2.75) is 32.9 Å². The summed E-state index contributed by atoms with van der Waals surface area (Å²) in [6, 6.07) is 18.3. The summed E-state index contributed by atoms with van der Waals surface area (Å²) in [4.78, 5) is 48.8. The number of imide groups is 1. The number of methoxy groups -OCH3 is 1. The van der Waals surface area contributed by atoms with Gasteiger partial charge in [0.1, 0.15) is 12.8 Å². The molecule has 43 heavy (non-hydrogen) atoms. The first-order valence-corrected chi connectivity index (χ1v) is 13.5. The summed E-state index contributed by atoms with van der Waals surface area (Å²) in [5.74, 6) is -1.52. The molecule has 0 saturated carbocycles. The molecule has 0 bridgehead atoms. The molecule has 0 N–H and O–H groups in total. The molecule has 0 atom stereocenters. The van der Waals surface area contributed by atoms with Gasteiger partial charge in [-0.3, -0.25) is 24.1 Å². The zero-order chi connectivity index (χ0) is 31.9. The van der Waals surface area contributed by atoms with E-state index in [1.54, 1.807) is 67.5 Å². The molecule has 1 aliphatic heterocycles. The normalized spacial score (nSPS) is 13.1. The average molecular weight is 595 g/mol. The fourth-order valence-electron chi connectivity index (χ4n) is 4.99. The third kappa shape index (κ3) is 7.38. The maximum Gasteiger partial charge on any atom is 0.417 e. The fourth-order valence-corrected chi connectivity index (χ4v) is 4.99. The molecule has 1 heterocycles. The van der Waals surface area contributed by atoms with Gasteiger partial charge in [-0.1, -0.05) is 55.5 Å². The number of benzene rings is 3. The molecular weight excluding hydrogens is 561 g/mol. The van der Waals surface area contributed by atoms with Gasteiger partial charge in [0, 0.05) is 37.3 Å². The van der Waals surface area contributed by atoms with Gasteiger partial charge < -0.3 is 9.64 Å². The largest absolute Gasteiger partial charge is 0.468 e. The van der Waals surface area contributed by atoms with Crippen molar-refractivity contribution in [1.82, 2.24) is 4.90 Å². The van der Waals surface area contributed by atoms with Crippen molar-refractivity contribution < 1.29 is 37.1 Å². The number of carbonyl (C=O) groups is 4. The van der Waals surface area contributed by atoms with Crippen molar-refractivity contribution in [2.24, 2.45) is 0 Å². The predicted molar refractivity (Wildman–Crippen MR) is 158 cm³/mol. The second kappa shape index (κ2) is 14.0. The van der Waals surface area contributed by atoms with Crippen LogP contribution < -0.4 is 4.90 Å². The highest BCUT2D eigenvalue weighted by molar-refractivity contribution is 6.22. The van der Waals surface area contributed by atoms with Gasteiger partial charge in [0.25, 0.3) is 11.8 Å². The molecular formula is C33H33F3N2O5. The standard InChI is InChI=1S/C22H24F3NO.C11H9NO4/c1-5-18-15(2)9-8-10-16(18)13-17(14-27)21(22(23,24)25)19-11-6-7-12-20(19)26(3)4;1-16-9(13)6-12-10(14)7-4-2-3-5-8(7)11(12)15/h6-12,14H,5,13H2,1-4H3;2-5H,6H2,1H3/b21-17+;. The van der Waals surface area contributed by atoms with Crippen LogP contribution in [0.4, 0.5) is 18.9 Å². The Morgan fingerprint density at radius 3 is 2.02 bits per heavy atom. The zero-order valence-corrected chi connectivity index (χ0v) is 24.6. The van der Waals surface area contributed by atoms with Gasteiger partial charge in [-0.15, -0.1) is 0 Å². The van der Waals surface area contributed by atoms with E-state index < -0.39 is 29.5 Å². The topological polar surface area (TPSA) is 84.0 Å². The minimum absolute atomic E-state index is 0.0165. The summed E-state index contributed by atoms with van der Waals surface area (Å²) >= 11 is 0. The molecule has 0 saturated heterocycles. The van der Waals surface area contributed by atoms with Crippen LogP contribution in [0.2, 0.25) is 0 Å². The first kappa shape index (κ1) is 32.8. The number of halogens is 3. The maximum atomic E-state index is 14.0. The number of aryl methyl sites for hydroxylation is 1. The highest BCUT2D eigenvalue weighted by Gasteiger charge is 2.39. The van der Waals surface area contributed by atoms with E-state index >= 15 is 0 Å². The molecule has 0 aromatic heterocycles. The van der Waals surface area contributed by atoms with E-state index in [4.69, 9.17) is 0 Å². The molecule has 10 heteroatoms. The number of rotatable bonds is 8. The molecule has 1 aliphatic rings. The summed E-state index contributed by atoms with van der Waals surface area (Å²) in [7, 11) is 4.58. The Kier molecular flexibility index (Phi) is 10.6. The lowest BCUT2D eigenvalue weighted by Gasteiger charge is -2.22. The third-order valence-electron chi connectivity index (χ3n) is 7.04. The summed E-state index contributed by atoms with van der Waals surface area (Å²) in [6.07, 6.45) is -3.65. The van der Waals surface area contributed by atoms with E-state index in [0.29, 0.717) is 29.5 Å². The summed E-state index contributed by atoms with van der Waals surface area (Å²) < 4.78 is 46.5. The second-order valence-corrected chi connectivity index (χ2v) is 9.99. The van der Waals surface area contributed by atoms with Crippen LogP contribution in [0.5, 0.6) is 0 Å². The summed E-state index contributed by atoms with van der Waals surface area (Å²) in [6.45, 7) is 3.55. The minimum Gasteiger partial charge on any atom is -0.468 e. The van der Waals surface area contributed by atoms with Crippen LogP contribution in [-0.2, 0) is 27.2 Å². The van der Waals surface area contributed by atoms with Crippen LogP contribution in [0.15, 0.2) is 72.3 Å². The third-order valence-corrected chi connectivity index (χ3v) is 7.04. The lowest BCUT2D eigenvalue weighted by molar-refractivity contribution is -0.140. The molecule has 0 aliphatic carbocycles. The smallest absolute Gasteiger partial charge is 0.417 e. The van der Waals surface area contributed by atoms with Crippen molar-refractivity contribution in [2.75, 3.05) is 32.6 Å². The lowest BCUT2D eigenvalue weighted by atomic mass is 9.90. The van der Waals surface area contributed by atoms with E-state index in [0.717, 1.165) is 21.6 Å². The molecule has 2 amide bonds. The zero-order valence-electron chi connectivity index (χ0n) is 24.6. The van der Waals surface area contributed by atoms with Gasteiger partial charge in [-0.05, 0) is 48.2 Å². The van der Waals surface area contributed by atoms with Gasteiger partial charge in [0.15, 0.2) is 0 Å². The molecule has 0 unspecified atom stereocenters. The Labute approximate surface area is 248 Å². The Balaban J connectivity index is 0.000000268. The number of para-hydroxylation sites is 1. The molecule has 0 radical (unpaired) electrons. The number of allylic oxidation sites excluding steroid dienone is 2. The van der Waals surface area contributed by atoms with E-state index in [2.05, 4.69) is 4.74 Å². The maximum absolute atomic E-state index is 14.0. The van der Waals surface area contributed by atoms with Crippen LogP contribution in [0.3, 0.4) is 0 Å². The summed E-state index contributed by atoms with van der Waals surface area (Å²) in [5, 5.41) is 0.